The second-order valence-corrected chi connectivity index (χ2v) is 6.17. The molecule has 0 aromatic heterocycles. The molecule has 0 spiro atoms. The van der Waals surface area contributed by atoms with Crippen LogP contribution in [0.15, 0.2) is 59.1 Å². The van der Waals surface area contributed by atoms with E-state index in [4.69, 9.17) is 5.11 Å². The van der Waals surface area contributed by atoms with E-state index >= 15 is 0 Å². The van der Waals surface area contributed by atoms with Crippen molar-refractivity contribution in [1.82, 2.24) is 0 Å². The van der Waals surface area contributed by atoms with Crippen LogP contribution in [0, 0.1) is 0 Å². The Bertz CT molecular complexity index is 728. The summed E-state index contributed by atoms with van der Waals surface area (Å²) in [6.45, 7) is 0.398. The van der Waals surface area contributed by atoms with E-state index in [2.05, 4.69) is 27.3 Å². The SMILES string of the molecule is O=C(O)/C=C/CNc1cccc(CO)c1CCc1ccccc1Br. The fourth-order valence-electron chi connectivity index (χ4n) is 2.53. The number of nitrogens with one attached hydrogen (secondary N) is 1. The Morgan fingerprint density at radius 1 is 1.08 bits per heavy atom. The fraction of sp³-hybridized carbons (Fsp3) is 0.211. The van der Waals surface area contributed by atoms with Crippen LogP contribution in [-0.2, 0) is 24.2 Å². The predicted molar refractivity (Wildman–Crippen MR) is 99.2 cm³/mol. The Kier molecular flexibility index (Phi) is 7.03. The number of aliphatic hydroxyl groups is 1. The summed E-state index contributed by atoms with van der Waals surface area (Å²) in [4.78, 5) is 10.5. The summed E-state index contributed by atoms with van der Waals surface area (Å²) in [5, 5.41) is 21.5. The maximum absolute atomic E-state index is 10.5. The van der Waals surface area contributed by atoms with E-state index in [0.29, 0.717) is 6.54 Å². The van der Waals surface area contributed by atoms with E-state index in [-0.39, 0.29) is 6.61 Å². The predicted octanol–water partition coefficient (Wildman–Crippen LogP) is 3.78. The molecule has 0 radical (unpaired) electrons. The molecule has 2 aromatic rings. The van der Waals surface area contributed by atoms with Crippen molar-refractivity contribution in [1.29, 1.82) is 0 Å². The van der Waals surface area contributed by atoms with Crippen molar-refractivity contribution < 1.29 is 15.0 Å². The maximum Gasteiger partial charge on any atom is 0.328 e. The van der Waals surface area contributed by atoms with Crippen molar-refractivity contribution in [3.63, 3.8) is 0 Å². The van der Waals surface area contributed by atoms with Crippen LogP contribution in [0.2, 0.25) is 0 Å². The van der Waals surface area contributed by atoms with Gasteiger partial charge in [-0.05, 0) is 41.7 Å². The van der Waals surface area contributed by atoms with Crippen LogP contribution in [-0.4, -0.2) is 22.7 Å². The number of anilines is 1. The average molecular weight is 390 g/mol. The Labute approximate surface area is 150 Å². The first kappa shape index (κ1) is 18.2. The van der Waals surface area contributed by atoms with Crippen LogP contribution in [0.3, 0.4) is 0 Å². The van der Waals surface area contributed by atoms with Crippen LogP contribution in [0.1, 0.15) is 16.7 Å². The topological polar surface area (TPSA) is 69.6 Å². The molecule has 0 saturated carbocycles. The van der Waals surface area contributed by atoms with Gasteiger partial charge in [-0.25, -0.2) is 4.79 Å². The van der Waals surface area contributed by atoms with Crippen molar-refractivity contribution in [3.8, 4) is 0 Å². The monoisotopic (exact) mass is 389 g/mol. The molecule has 0 amide bonds. The van der Waals surface area contributed by atoms with Crippen molar-refractivity contribution in [2.75, 3.05) is 11.9 Å². The zero-order chi connectivity index (χ0) is 17.4. The van der Waals surface area contributed by atoms with Gasteiger partial charge in [-0.15, -0.1) is 0 Å². The first-order valence-corrected chi connectivity index (χ1v) is 8.49. The molecule has 4 nitrogen and oxygen atoms in total. The van der Waals surface area contributed by atoms with E-state index in [0.717, 1.165) is 40.2 Å². The van der Waals surface area contributed by atoms with E-state index < -0.39 is 5.97 Å². The highest BCUT2D eigenvalue weighted by molar-refractivity contribution is 9.10. The molecule has 126 valence electrons. The third-order valence-corrected chi connectivity index (χ3v) is 4.49. The minimum Gasteiger partial charge on any atom is -0.478 e. The molecule has 0 bridgehead atoms. The smallest absolute Gasteiger partial charge is 0.328 e. The summed E-state index contributed by atoms with van der Waals surface area (Å²) in [6.07, 6.45) is 4.30. The highest BCUT2D eigenvalue weighted by atomic mass is 79.9. The third-order valence-electron chi connectivity index (χ3n) is 3.72. The van der Waals surface area contributed by atoms with Gasteiger partial charge in [-0.1, -0.05) is 52.3 Å². The molecule has 0 aliphatic heterocycles. The van der Waals surface area contributed by atoms with Crippen LogP contribution < -0.4 is 5.32 Å². The number of benzene rings is 2. The highest BCUT2D eigenvalue weighted by Gasteiger charge is 2.09. The molecule has 0 unspecified atom stereocenters. The van der Waals surface area contributed by atoms with Crippen LogP contribution in [0.5, 0.6) is 0 Å². The number of rotatable bonds is 8. The Morgan fingerprint density at radius 3 is 2.54 bits per heavy atom. The molecule has 5 heteroatoms. The van der Waals surface area contributed by atoms with Crippen molar-refractivity contribution >= 4 is 27.6 Å². The number of aliphatic hydroxyl groups excluding tert-OH is 1. The number of aryl methyl sites for hydroxylation is 1. The van der Waals surface area contributed by atoms with Gasteiger partial charge in [0.25, 0.3) is 0 Å². The number of carbonyl (C=O) groups is 1. The molecule has 2 aromatic carbocycles. The zero-order valence-corrected chi connectivity index (χ0v) is 14.8. The lowest BCUT2D eigenvalue weighted by Crippen LogP contribution is -2.06. The van der Waals surface area contributed by atoms with Gasteiger partial charge in [-0.3, -0.25) is 0 Å². The minimum absolute atomic E-state index is 0.0220. The zero-order valence-electron chi connectivity index (χ0n) is 13.2. The Balaban J connectivity index is 2.14. The lowest BCUT2D eigenvalue weighted by molar-refractivity contribution is -0.131. The summed E-state index contributed by atoms with van der Waals surface area (Å²) < 4.78 is 1.07. The molecular formula is C19H20BrNO3. The first-order valence-electron chi connectivity index (χ1n) is 7.70. The van der Waals surface area contributed by atoms with Gasteiger partial charge in [0.1, 0.15) is 0 Å². The summed E-state index contributed by atoms with van der Waals surface area (Å²) >= 11 is 3.56. The Hall–Kier alpha value is -2.11. The molecule has 0 fully saturated rings. The van der Waals surface area contributed by atoms with Crippen molar-refractivity contribution in [3.05, 3.63) is 75.8 Å². The van der Waals surface area contributed by atoms with Crippen LogP contribution in [0.25, 0.3) is 0 Å². The number of aliphatic carboxylic acids is 1. The van der Waals surface area contributed by atoms with Crippen molar-refractivity contribution in [2.45, 2.75) is 19.4 Å². The molecule has 0 aliphatic carbocycles. The third kappa shape index (κ3) is 5.22. The Morgan fingerprint density at radius 2 is 1.83 bits per heavy atom. The van der Waals surface area contributed by atoms with E-state index in [9.17, 15) is 9.90 Å². The summed E-state index contributed by atoms with van der Waals surface area (Å²) in [6, 6.07) is 13.8. The van der Waals surface area contributed by atoms with Crippen LogP contribution in [0.4, 0.5) is 5.69 Å². The number of halogens is 1. The molecular weight excluding hydrogens is 370 g/mol. The second kappa shape index (κ2) is 9.25. The summed E-state index contributed by atoms with van der Waals surface area (Å²) in [7, 11) is 0. The van der Waals surface area contributed by atoms with Gasteiger partial charge in [0, 0.05) is 22.8 Å². The van der Waals surface area contributed by atoms with E-state index in [1.807, 2.05) is 36.4 Å². The maximum atomic E-state index is 10.5. The number of hydrogen-bond donors (Lipinski definition) is 3. The quantitative estimate of drug-likeness (QED) is 0.600. The number of carboxylic acids is 1. The lowest BCUT2D eigenvalue weighted by Gasteiger charge is -2.15. The van der Waals surface area contributed by atoms with Gasteiger partial charge in [0.15, 0.2) is 0 Å². The summed E-state index contributed by atoms with van der Waals surface area (Å²) in [5.41, 5.74) is 4.07. The second-order valence-electron chi connectivity index (χ2n) is 5.31. The van der Waals surface area contributed by atoms with Gasteiger partial charge >= 0.3 is 5.97 Å². The van der Waals surface area contributed by atoms with Gasteiger partial charge in [0.2, 0.25) is 0 Å². The highest BCUT2D eigenvalue weighted by Crippen LogP contribution is 2.24. The van der Waals surface area contributed by atoms with E-state index in [1.54, 1.807) is 6.08 Å². The number of hydrogen-bond acceptors (Lipinski definition) is 3. The van der Waals surface area contributed by atoms with E-state index in [1.165, 1.54) is 5.56 Å². The molecule has 24 heavy (non-hydrogen) atoms. The first-order chi connectivity index (χ1) is 11.6. The average Bonchev–Trinajstić information content (AvgIpc) is 2.58. The molecule has 0 atom stereocenters. The largest absolute Gasteiger partial charge is 0.478 e. The van der Waals surface area contributed by atoms with Gasteiger partial charge < -0.3 is 15.5 Å². The molecule has 3 N–H and O–H groups in total. The molecule has 0 saturated heterocycles. The lowest BCUT2D eigenvalue weighted by atomic mass is 9.98. The molecule has 0 heterocycles. The fourth-order valence-corrected chi connectivity index (χ4v) is 3.02. The normalized spacial score (nSPS) is 10.9. The van der Waals surface area contributed by atoms with Gasteiger partial charge in [0.05, 0.1) is 6.61 Å². The minimum atomic E-state index is -0.963. The van der Waals surface area contributed by atoms with Gasteiger partial charge in [-0.2, -0.15) is 0 Å². The van der Waals surface area contributed by atoms with Crippen LogP contribution >= 0.6 is 15.9 Å². The molecule has 0 aliphatic rings. The van der Waals surface area contributed by atoms with Crippen molar-refractivity contribution in [2.24, 2.45) is 0 Å². The standard InChI is InChI=1S/C19H20BrNO3/c20-17-7-2-1-5-14(17)10-11-16-15(13-22)6-3-8-18(16)21-12-4-9-19(23)24/h1-9,21-22H,10-13H2,(H,23,24)/b9-4+. The molecule has 2 rings (SSSR count). The summed E-state index contributed by atoms with van der Waals surface area (Å²) in [5.74, 6) is -0.963. The number of carboxylic acid groups (broad SMARTS) is 1.